The smallest absolute Gasteiger partial charge is 0.337 e. The lowest BCUT2D eigenvalue weighted by Crippen LogP contribution is -2.20. The Hall–Kier alpha value is -3.46. The Morgan fingerprint density at radius 1 is 0.933 bits per heavy atom. The topological polar surface area (TPSA) is 108 Å². The molecule has 2 rings (SSSR count). The number of halogens is 1. The fourth-order valence-electron chi connectivity index (χ4n) is 2.29. The van der Waals surface area contributed by atoms with Gasteiger partial charge in [0.2, 0.25) is 0 Å². The Morgan fingerprint density at radius 2 is 1.50 bits per heavy atom. The maximum atomic E-state index is 12.1. The number of nitrogens with one attached hydrogen (secondary N) is 1. The van der Waals surface area contributed by atoms with E-state index >= 15 is 0 Å². The summed E-state index contributed by atoms with van der Waals surface area (Å²) in [5, 5.41) is 2.46. The Balaban J connectivity index is 1.99. The number of amides is 1. The molecule has 0 aromatic heterocycles. The molecule has 0 bridgehead atoms. The van der Waals surface area contributed by atoms with Crippen molar-refractivity contribution in [3.8, 4) is 0 Å². The summed E-state index contributed by atoms with van der Waals surface area (Å²) in [6.07, 6.45) is 2.75. The molecule has 0 saturated carbocycles. The first-order chi connectivity index (χ1) is 14.3. The van der Waals surface area contributed by atoms with Crippen LogP contribution in [0.4, 0.5) is 5.69 Å². The van der Waals surface area contributed by atoms with Crippen LogP contribution in [-0.4, -0.2) is 44.6 Å². The zero-order chi connectivity index (χ0) is 22.1. The van der Waals surface area contributed by atoms with Gasteiger partial charge >= 0.3 is 17.9 Å². The van der Waals surface area contributed by atoms with E-state index in [2.05, 4.69) is 30.7 Å². The highest BCUT2D eigenvalue weighted by atomic mass is 79.9. The Morgan fingerprint density at radius 3 is 2.03 bits per heavy atom. The molecule has 0 heterocycles. The van der Waals surface area contributed by atoms with Crippen molar-refractivity contribution in [3.63, 3.8) is 0 Å². The monoisotopic (exact) mass is 475 g/mol. The molecule has 2 aromatic carbocycles. The number of hydrogen-bond acceptors (Lipinski definition) is 7. The Kier molecular flexibility index (Phi) is 8.30. The molecule has 0 aliphatic heterocycles. The highest BCUT2D eigenvalue weighted by Crippen LogP contribution is 2.17. The molecule has 0 fully saturated rings. The molecule has 1 N–H and O–H groups in total. The van der Waals surface area contributed by atoms with Crippen LogP contribution in [0.25, 0.3) is 6.08 Å². The van der Waals surface area contributed by atoms with Crippen LogP contribution in [0.1, 0.15) is 26.3 Å². The van der Waals surface area contributed by atoms with E-state index in [1.54, 1.807) is 18.2 Å². The van der Waals surface area contributed by atoms with Gasteiger partial charge in [0, 0.05) is 16.2 Å². The third kappa shape index (κ3) is 6.85. The lowest BCUT2D eigenvalue weighted by Gasteiger charge is -2.09. The van der Waals surface area contributed by atoms with Crippen LogP contribution in [0.2, 0.25) is 0 Å². The summed E-state index contributed by atoms with van der Waals surface area (Å²) in [6, 6.07) is 11.2. The van der Waals surface area contributed by atoms with E-state index in [0.29, 0.717) is 0 Å². The molecule has 0 atom stereocenters. The zero-order valence-corrected chi connectivity index (χ0v) is 17.7. The van der Waals surface area contributed by atoms with E-state index in [1.807, 2.05) is 12.1 Å². The number of esters is 3. The van der Waals surface area contributed by atoms with Gasteiger partial charge in [0.05, 0.1) is 25.3 Å². The van der Waals surface area contributed by atoms with Crippen molar-refractivity contribution in [1.82, 2.24) is 0 Å². The summed E-state index contributed by atoms with van der Waals surface area (Å²) < 4.78 is 15.1. The van der Waals surface area contributed by atoms with Gasteiger partial charge in [0.15, 0.2) is 6.61 Å². The van der Waals surface area contributed by atoms with Crippen LogP contribution in [0, 0.1) is 0 Å². The minimum absolute atomic E-state index is 0.0464. The maximum Gasteiger partial charge on any atom is 0.337 e. The summed E-state index contributed by atoms with van der Waals surface area (Å²) in [7, 11) is 2.37. The molecule has 1 amide bonds. The molecule has 0 aliphatic carbocycles. The molecule has 9 heteroatoms. The molecular formula is C21H18BrNO7. The predicted molar refractivity (Wildman–Crippen MR) is 112 cm³/mol. The second-order valence-corrected chi connectivity index (χ2v) is 6.74. The van der Waals surface area contributed by atoms with Gasteiger partial charge in [-0.2, -0.15) is 0 Å². The molecule has 0 unspecified atom stereocenters. The number of methoxy groups -OCH3 is 2. The number of ether oxygens (including phenoxy) is 3. The van der Waals surface area contributed by atoms with Gasteiger partial charge < -0.3 is 19.5 Å². The van der Waals surface area contributed by atoms with Gasteiger partial charge in [-0.1, -0.05) is 28.1 Å². The summed E-state index contributed by atoms with van der Waals surface area (Å²) in [5.41, 5.74) is 1.02. The van der Waals surface area contributed by atoms with E-state index in [-0.39, 0.29) is 16.8 Å². The van der Waals surface area contributed by atoms with E-state index in [9.17, 15) is 19.2 Å². The molecule has 0 saturated heterocycles. The standard InChI is InChI=1S/C21H18BrNO7/c1-28-20(26)14-9-15(21(27)29-2)11-17(10-14)23-18(24)12-30-19(25)8-5-13-3-6-16(22)7-4-13/h3-11H,12H2,1-2H3,(H,23,24). The van der Waals surface area contributed by atoms with Crippen LogP contribution in [0.3, 0.4) is 0 Å². The number of hydrogen-bond donors (Lipinski definition) is 1. The van der Waals surface area contributed by atoms with E-state index in [4.69, 9.17) is 4.74 Å². The minimum atomic E-state index is -0.702. The Bertz CT molecular complexity index is 949. The molecule has 2 aromatic rings. The van der Waals surface area contributed by atoms with E-state index in [0.717, 1.165) is 10.0 Å². The molecule has 0 spiro atoms. The van der Waals surface area contributed by atoms with Crippen LogP contribution < -0.4 is 5.32 Å². The van der Waals surface area contributed by atoms with E-state index < -0.39 is 30.4 Å². The van der Waals surface area contributed by atoms with Crippen LogP contribution in [0.15, 0.2) is 53.0 Å². The fourth-order valence-corrected chi connectivity index (χ4v) is 2.56. The van der Waals surface area contributed by atoms with Gasteiger partial charge in [-0.15, -0.1) is 0 Å². The van der Waals surface area contributed by atoms with Crippen LogP contribution >= 0.6 is 15.9 Å². The molecule has 30 heavy (non-hydrogen) atoms. The van der Waals surface area contributed by atoms with Crippen molar-refractivity contribution in [1.29, 1.82) is 0 Å². The average Bonchev–Trinajstić information content (AvgIpc) is 2.75. The number of anilines is 1. The van der Waals surface area contributed by atoms with Gasteiger partial charge in [0.25, 0.3) is 5.91 Å². The first kappa shape index (κ1) is 22.8. The third-order valence-electron chi connectivity index (χ3n) is 3.69. The SMILES string of the molecule is COC(=O)c1cc(NC(=O)COC(=O)C=Cc2ccc(Br)cc2)cc(C(=O)OC)c1. The summed E-state index contributed by atoms with van der Waals surface area (Å²) in [6.45, 7) is -0.556. The summed E-state index contributed by atoms with van der Waals surface area (Å²) in [4.78, 5) is 47.4. The van der Waals surface area contributed by atoms with Gasteiger partial charge in [-0.3, -0.25) is 4.79 Å². The number of rotatable bonds is 7. The minimum Gasteiger partial charge on any atom is -0.465 e. The lowest BCUT2D eigenvalue weighted by molar-refractivity contribution is -0.142. The van der Waals surface area contributed by atoms with Crippen molar-refractivity contribution in [2.75, 3.05) is 26.1 Å². The van der Waals surface area contributed by atoms with E-state index in [1.165, 1.54) is 38.5 Å². The zero-order valence-electron chi connectivity index (χ0n) is 16.1. The van der Waals surface area contributed by atoms with Crippen molar-refractivity contribution in [2.24, 2.45) is 0 Å². The predicted octanol–water partition coefficient (Wildman–Crippen LogP) is 3.22. The molecular weight excluding hydrogens is 458 g/mol. The van der Waals surface area contributed by atoms with Crippen molar-refractivity contribution in [2.45, 2.75) is 0 Å². The first-order valence-electron chi connectivity index (χ1n) is 8.54. The van der Waals surface area contributed by atoms with Gasteiger partial charge in [0.1, 0.15) is 0 Å². The van der Waals surface area contributed by atoms with Crippen molar-refractivity contribution >= 4 is 51.5 Å². The molecule has 0 radical (unpaired) electrons. The second-order valence-electron chi connectivity index (χ2n) is 5.82. The second kappa shape index (κ2) is 10.9. The highest BCUT2D eigenvalue weighted by Gasteiger charge is 2.15. The summed E-state index contributed by atoms with van der Waals surface area (Å²) in [5.74, 6) is -2.74. The molecule has 8 nitrogen and oxygen atoms in total. The fraction of sp³-hybridized carbons (Fsp3) is 0.143. The largest absolute Gasteiger partial charge is 0.465 e. The highest BCUT2D eigenvalue weighted by molar-refractivity contribution is 9.10. The number of carbonyl (C=O) groups excluding carboxylic acids is 4. The molecule has 0 aliphatic rings. The first-order valence-corrected chi connectivity index (χ1v) is 9.33. The lowest BCUT2D eigenvalue weighted by atomic mass is 10.1. The quantitative estimate of drug-likeness (QED) is 0.372. The third-order valence-corrected chi connectivity index (χ3v) is 4.22. The average molecular weight is 476 g/mol. The van der Waals surface area contributed by atoms with Crippen molar-refractivity contribution < 1.29 is 33.4 Å². The van der Waals surface area contributed by atoms with Gasteiger partial charge in [-0.25, -0.2) is 14.4 Å². The number of benzene rings is 2. The number of carbonyl (C=O) groups is 4. The van der Waals surface area contributed by atoms with Crippen LogP contribution in [0.5, 0.6) is 0 Å². The normalized spacial score (nSPS) is 10.4. The van der Waals surface area contributed by atoms with Crippen molar-refractivity contribution in [3.05, 3.63) is 69.7 Å². The van der Waals surface area contributed by atoms with Gasteiger partial charge in [-0.05, 0) is 42.0 Å². The molecule has 156 valence electrons. The summed E-state index contributed by atoms with van der Waals surface area (Å²) >= 11 is 3.31. The van der Waals surface area contributed by atoms with Crippen LogP contribution in [-0.2, 0) is 23.8 Å². The Labute approximate surface area is 180 Å². The maximum absolute atomic E-state index is 12.1.